The summed E-state index contributed by atoms with van der Waals surface area (Å²) in [6, 6.07) is 8.35. The van der Waals surface area contributed by atoms with E-state index in [-0.39, 0.29) is 23.3 Å². The number of para-hydroxylation sites is 1. The van der Waals surface area contributed by atoms with Gasteiger partial charge in [0.2, 0.25) is 0 Å². The van der Waals surface area contributed by atoms with E-state index in [0.29, 0.717) is 11.4 Å². The molecule has 7 heteroatoms. The fourth-order valence-electron chi connectivity index (χ4n) is 3.27. The van der Waals surface area contributed by atoms with Crippen molar-refractivity contribution >= 4 is 28.9 Å². The molecule has 3 rings (SSSR count). The molecule has 2 aliphatic rings. The molecule has 120 valence electrons. The van der Waals surface area contributed by atoms with Crippen molar-refractivity contribution in [2.45, 2.75) is 25.7 Å². The van der Waals surface area contributed by atoms with E-state index in [9.17, 15) is 14.8 Å². The van der Waals surface area contributed by atoms with Crippen LogP contribution < -0.4 is 10.7 Å². The molecule has 2 fully saturated rings. The number of carbonyl (C=O) groups excluding carboxylic acids is 2. The van der Waals surface area contributed by atoms with Crippen LogP contribution in [0.4, 0.5) is 10.5 Å². The minimum atomic E-state index is -0.552. The molecule has 23 heavy (non-hydrogen) atoms. The highest BCUT2D eigenvalue weighted by Gasteiger charge is 2.46. The number of urea groups is 1. The van der Waals surface area contributed by atoms with E-state index in [4.69, 9.17) is 0 Å². The van der Waals surface area contributed by atoms with Crippen LogP contribution in [0.2, 0.25) is 0 Å². The van der Waals surface area contributed by atoms with Crippen molar-refractivity contribution in [1.29, 1.82) is 0 Å². The van der Waals surface area contributed by atoms with Crippen molar-refractivity contribution in [3.8, 4) is 0 Å². The van der Waals surface area contributed by atoms with Crippen LogP contribution in [0, 0.1) is 11.8 Å². The minimum Gasteiger partial charge on any atom is -0.411 e. The number of rotatable bonds is 2. The maximum Gasteiger partial charge on any atom is 0.339 e. The summed E-state index contributed by atoms with van der Waals surface area (Å²) in [7, 11) is 0. The minimum absolute atomic E-state index is 0.0626. The lowest BCUT2D eigenvalue weighted by atomic mass is 9.81. The molecule has 1 aromatic rings. The maximum absolute atomic E-state index is 12.4. The third-order valence-electron chi connectivity index (χ3n) is 4.34. The van der Waals surface area contributed by atoms with Crippen LogP contribution in [-0.2, 0) is 4.79 Å². The third kappa shape index (κ3) is 3.08. The van der Waals surface area contributed by atoms with Crippen LogP contribution in [-0.4, -0.2) is 28.4 Å². The summed E-state index contributed by atoms with van der Waals surface area (Å²) in [6.45, 7) is 0. The molecule has 3 N–H and O–H groups in total. The standard InChI is InChI=1S/C16H18N4O3/c21-15-12-9-5-4-8-11(12)13(20-23)14(15)18-19-16(22)17-10-6-2-1-3-7-10/h1-3,6-7,11-12,23H,4-5,8-9H2,(H2,17,19,22). The third-order valence-corrected chi connectivity index (χ3v) is 4.34. The van der Waals surface area contributed by atoms with Crippen LogP contribution >= 0.6 is 0 Å². The topological polar surface area (TPSA) is 103 Å². The van der Waals surface area contributed by atoms with Gasteiger partial charge < -0.3 is 10.5 Å². The van der Waals surface area contributed by atoms with Crippen LogP contribution in [0.5, 0.6) is 0 Å². The summed E-state index contributed by atoms with van der Waals surface area (Å²) in [4.78, 5) is 24.2. The van der Waals surface area contributed by atoms with Gasteiger partial charge in [0.1, 0.15) is 5.71 Å². The van der Waals surface area contributed by atoms with Gasteiger partial charge >= 0.3 is 6.03 Å². The Labute approximate surface area is 133 Å². The molecule has 2 unspecified atom stereocenters. The number of nitrogens with zero attached hydrogens (tertiary/aromatic N) is 2. The summed E-state index contributed by atoms with van der Waals surface area (Å²) >= 11 is 0. The average molecular weight is 314 g/mol. The Kier molecular flexibility index (Phi) is 4.36. The summed E-state index contributed by atoms with van der Waals surface area (Å²) < 4.78 is 0. The number of hydrogen-bond donors (Lipinski definition) is 3. The van der Waals surface area contributed by atoms with Crippen LogP contribution in [0.1, 0.15) is 25.7 Å². The van der Waals surface area contributed by atoms with Gasteiger partial charge in [-0.1, -0.05) is 36.2 Å². The Morgan fingerprint density at radius 2 is 1.83 bits per heavy atom. The first kappa shape index (κ1) is 15.2. The predicted molar refractivity (Wildman–Crippen MR) is 85.7 cm³/mol. The zero-order valence-electron chi connectivity index (χ0n) is 12.5. The van der Waals surface area contributed by atoms with E-state index in [0.717, 1.165) is 25.7 Å². The molecule has 0 bridgehead atoms. The number of ketones is 1. The quantitative estimate of drug-likeness (QED) is 0.576. The van der Waals surface area contributed by atoms with Crippen LogP contribution in [0.25, 0.3) is 0 Å². The van der Waals surface area contributed by atoms with E-state index >= 15 is 0 Å². The average Bonchev–Trinajstić information content (AvgIpc) is 2.86. The van der Waals surface area contributed by atoms with Crippen molar-refractivity contribution < 1.29 is 14.8 Å². The van der Waals surface area contributed by atoms with Gasteiger partial charge in [-0.2, -0.15) is 5.10 Å². The molecular weight excluding hydrogens is 296 g/mol. The number of oxime groups is 1. The first-order valence-corrected chi connectivity index (χ1v) is 7.67. The number of hydrazone groups is 1. The lowest BCUT2D eigenvalue weighted by molar-refractivity contribution is -0.117. The molecule has 2 aliphatic carbocycles. The Bertz CT molecular complexity index is 669. The second-order valence-electron chi connectivity index (χ2n) is 5.74. The fourth-order valence-corrected chi connectivity index (χ4v) is 3.27. The molecule has 0 radical (unpaired) electrons. The van der Waals surface area contributed by atoms with Crippen LogP contribution in [0.15, 0.2) is 40.6 Å². The molecule has 2 saturated carbocycles. The fraction of sp³-hybridized carbons (Fsp3) is 0.375. The van der Waals surface area contributed by atoms with Gasteiger partial charge in [0, 0.05) is 17.5 Å². The predicted octanol–water partition coefficient (Wildman–Crippen LogP) is 2.38. The van der Waals surface area contributed by atoms with Gasteiger partial charge in [0.25, 0.3) is 0 Å². The second kappa shape index (κ2) is 6.60. The van der Waals surface area contributed by atoms with Gasteiger partial charge in [-0.25, -0.2) is 10.2 Å². The van der Waals surface area contributed by atoms with Gasteiger partial charge in [-0.05, 0) is 25.0 Å². The number of Topliss-reactive ketones (excluding diaryl/α,β-unsaturated/α-hetero) is 1. The summed E-state index contributed by atoms with van der Waals surface area (Å²) in [5.41, 5.74) is 3.27. The van der Waals surface area contributed by atoms with E-state index in [1.54, 1.807) is 24.3 Å². The van der Waals surface area contributed by atoms with Gasteiger partial charge in [-0.15, -0.1) is 0 Å². The van der Waals surface area contributed by atoms with Gasteiger partial charge in [0.15, 0.2) is 11.5 Å². The van der Waals surface area contributed by atoms with Crippen molar-refractivity contribution in [1.82, 2.24) is 5.43 Å². The number of amides is 2. The molecular formula is C16H18N4O3. The highest BCUT2D eigenvalue weighted by molar-refractivity contribution is 6.71. The highest BCUT2D eigenvalue weighted by atomic mass is 16.4. The number of nitrogens with one attached hydrogen (secondary N) is 2. The molecule has 1 aromatic carbocycles. The molecule has 0 aliphatic heterocycles. The van der Waals surface area contributed by atoms with Crippen molar-refractivity contribution in [2.75, 3.05) is 5.32 Å². The van der Waals surface area contributed by atoms with Crippen molar-refractivity contribution in [3.63, 3.8) is 0 Å². The SMILES string of the molecule is O=C(NN=C1C(=O)C2CCCCC2C1=NO)Nc1ccccc1. The number of fused-ring (bicyclic) bond motifs is 1. The number of carbonyl (C=O) groups is 2. The Hall–Kier alpha value is -2.70. The molecule has 2 amide bonds. The lowest BCUT2D eigenvalue weighted by Crippen LogP contribution is -2.28. The first-order valence-electron chi connectivity index (χ1n) is 7.67. The molecule has 2 atom stereocenters. The number of anilines is 1. The zero-order valence-corrected chi connectivity index (χ0v) is 12.5. The Morgan fingerprint density at radius 1 is 1.13 bits per heavy atom. The molecule has 0 spiro atoms. The lowest BCUT2D eigenvalue weighted by Gasteiger charge is -2.22. The first-order chi connectivity index (χ1) is 11.2. The van der Waals surface area contributed by atoms with E-state index in [1.165, 1.54) is 0 Å². The second-order valence-corrected chi connectivity index (χ2v) is 5.74. The summed E-state index contributed by atoms with van der Waals surface area (Å²) in [6.07, 6.45) is 3.58. The van der Waals surface area contributed by atoms with Crippen molar-refractivity contribution in [2.24, 2.45) is 22.1 Å². The molecule has 0 aromatic heterocycles. The van der Waals surface area contributed by atoms with Gasteiger partial charge in [-0.3, -0.25) is 4.79 Å². The monoisotopic (exact) mass is 314 g/mol. The highest BCUT2D eigenvalue weighted by Crippen LogP contribution is 2.37. The molecule has 0 heterocycles. The van der Waals surface area contributed by atoms with E-state index in [1.807, 2.05) is 6.07 Å². The molecule has 0 saturated heterocycles. The number of hydrogen-bond acceptors (Lipinski definition) is 5. The zero-order chi connectivity index (χ0) is 16.2. The molecule has 7 nitrogen and oxygen atoms in total. The summed E-state index contributed by atoms with van der Waals surface area (Å²) in [5.74, 6) is -0.408. The van der Waals surface area contributed by atoms with E-state index < -0.39 is 6.03 Å². The smallest absolute Gasteiger partial charge is 0.339 e. The van der Waals surface area contributed by atoms with Crippen molar-refractivity contribution in [3.05, 3.63) is 30.3 Å². The van der Waals surface area contributed by atoms with Gasteiger partial charge in [0.05, 0.1) is 0 Å². The maximum atomic E-state index is 12.4. The largest absolute Gasteiger partial charge is 0.411 e. The Balaban J connectivity index is 1.71. The van der Waals surface area contributed by atoms with Crippen LogP contribution in [0.3, 0.4) is 0 Å². The summed E-state index contributed by atoms with van der Waals surface area (Å²) in [5, 5.41) is 19.0. The normalized spacial score (nSPS) is 27.0. The number of benzene rings is 1. The Morgan fingerprint density at radius 3 is 2.52 bits per heavy atom. The van der Waals surface area contributed by atoms with E-state index in [2.05, 4.69) is 21.0 Å².